The van der Waals surface area contributed by atoms with Crippen LogP contribution < -0.4 is 5.73 Å². The number of carbonyl (C=O) groups excluding carboxylic acids is 1. The van der Waals surface area contributed by atoms with Crippen LogP contribution in [0.4, 0.5) is 5.82 Å². The van der Waals surface area contributed by atoms with Crippen molar-refractivity contribution in [2.75, 3.05) is 12.3 Å². The van der Waals surface area contributed by atoms with Crippen molar-refractivity contribution in [1.82, 2.24) is 19.5 Å². The Labute approximate surface area is 192 Å². The summed E-state index contributed by atoms with van der Waals surface area (Å²) in [5.41, 5.74) is 6.60. The SMILES string of the molecule is CCCC(=O)O[C@@H]1[C@@H]2OP(=O)(O)OC[C@H]2O[C@H]1n1c(=S)[nH]c2c(N)ncnc21.[Na]. The molecule has 0 bridgehead atoms. The number of carbonyl (C=O) groups is 1. The summed E-state index contributed by atoms with van der Waals surface area (Å²) < 4.78 is 35.1. The molecule has 1 unspecified atom stereocenters. The fourth-order valence-corrected chi connectivity index (χ4v) is 4.51. The zero-order valence-electron chi connectivity index (χ0n) is 15.7. The van der Waals surface area contributed by atoms with Crippen LogP contribution in [0.2, 0.25) is 0 Å². The largest absolute Gasteiger partial charge is 0.472 e. The van der Waals surface area contributed by atoms with E-state index in [4.69, 9.17) is 36.5 Å². The number of nitrogens with one attached hydrogen (secondary N) is 1. The van der Waals surface area contributed by atoms with Crippen LogP contribution in [0.25, 0.3) is 11.2 Å². The van der Waals surface area contributed by atoms with Crippen LogP contribution >= 0.6 is 20.0 Å². The third-order valence-corrected chi connectivity index (χ3v) is 5.74. The van der Waals surface area contributed by atoms with Crippen molar-refractivity contribution in [2.24, 2.45) is 0 Å². The molecule has 0 amide bonds. The third-order valence-electron chi connectivity index (χ3n) is 4.45. The second kappa shape index (κ2) is 8.69. The molecule has 1 radical (unpaired) electrons. The van der Waals surface area contributed by atoms with Crippen LogP contribution in [0.1, 0.15) is 26.0 Å². The van der Waals surface area contributed by atoms with Gasteiger partial charge in [0.15, 0.2) is 28.6 Å². The van der Waals surface area contributed by atoms with Crippen molar-refractivity contribution < 1.29 is 32.8 Å². The minimum absolute atomic E-state index is 0. The number of rotatable bonds is 4. The van der Waals surface area contributed by atoms with E-state index in [2.05, 4.69) is 15.0 Å². The van der Waals surface area contributed by atoms with Crippen molar-refractivity contribution >= 4 is 72.5 Å². The Morgan fingerprint density at radius 3 is 3.03 bits per heavy atom. The van der Waals surface area contributed by atoms with Crippen LogP contribution in [0, 0.1) is 4.77 Å². The molecule has 4 rings (SSSR count). The number of aromatic amines is 1. The summed E-state index contributed by atoms with van der Waals surface area (Å²) in [6.45, 7) is 1.62. The van der Waals surface area contributed by atoms with E-state index in [1.807, 2.05) is 6.92 Å². The van der Waals surface area contributed by atoms with Crippen LogP contribution in [0.15, 0.2) is 6.33 Å². The molecule has 0 aromatic carbocycles. The van der Waals surface area contributed by atoms with E-state index in [1.165, 1.54) is 10.9 Å². The van der Waals surface area contributed by atoms with Gasteiger partial charge in [-0.2, -0.15) is 0 Å². The average Bonchev–Trinajstić information content (AvgIpc) is 3.12. The number of aromatic nitrogens is 4. The Hall–Kier alpha value is -0.890. The molecule has 0 spiro atoms. The minimum Gasteiger partial charge on any atom is -0.455 e. The molecular formula is C14H18N5NaO7PS. The number of phosphoric ester groups is 1. The fourth-order valence-electron chi connectivity index (χ4n) is 3.26. The number of anilines is 1. The standard InChI is InChI=1S/C14H18N5O7PS.Na/c1-2-3-7(20)25-10-9-6(4-23-27(21,22)26-9)24-13(10)19-12-8(18-14(19)28)11(15)16-5-17-12;/h5-6,9-10,13H,2-4H2,1H3,(H,18,28)(H,21,22)(H2,15,16,17);/t6-,9-,10-,13-;/m1./s1. The van der Waals surface area contributed by atoms with Crippen molar-refractivity contribution in [3.63, 3.8) is 0 Å². The monoisotopic (exact) mass is 454 g/mol. The maximum absolute atomic E-state index is 12.2. The molecule has 2 aliphatic heterocycles. The number of hydrogen-bond donors (Lipinski definition) is 3. The van der Waals surface area contributed by atoms with Gasteiger partial charge >= 0.3 is 13.8 Å². The number of H-pyrrole nitrogens is 1. The van der Waals surface area contributed by atoms with Gasteiger partial charge in [0, 0.05) is 36.0 Å². The fraction of sp³-hybridized carbons (Fsp3) is 0.571. The van der Waals surface area contributed by atoms with Gasteiger partial charge in [-0.25, -0.2) is 14.5 Å². The first-order chi connectivity index (χ1) is 13.3. The number of phosphoric acid groups is 1. The number of imidazole rings is 1. The first-order valence-corrected chi connectivity index (χ1v) is 10.4. The molecule has 5 atom stereocenters. The van der Waals surface area contributed by atoms with Gasteiger partial charge in [0.25, 0.3) is 0 Å². The summed E-state index contributed by atoms with van der Waals surface area (Å²) in [6.07, 6.45) is -1.76. The number of nitrogen functional groups attached to an aromatic ring is 1. The van der Waals surface area contributed by atoms with Gasteiger partial charge in [0.05, 0.1) is 6.61 Å². The zero-order valence-corrected chi connectivity index (χ0v) is 19.4. The second-order valence-corrected chi connectivity index (χ2v) is 8.15. The Morgan fingerprint density at radius 1 is 1.55 bits per heavy atom. The molecule has 2 aromatic heterocycles. The van der Waals surface area contributed by atoms with E-state index >= 15 is 0 Å². The predicted molar refractivity (Wildman–Crippen MR) is 102 cm³/mol. The number of fused-ring (bicyclic) bond motifs is 2. The number of ether oxygens (including phenoxy) is 2. The molecule has 0 saturated carbocycles. The van der Waals surface area contributed by atoms with E-state index in [-0.39, 0.29) is 53.2 Å². The van der Waals surface area contributed by atoms with Crippen LogP contribution in [0.3, 0.4) is 0 Å². The molecule has 29 heavy (non-hydrogen) atoms. The van der Waals surface area contributed by atoms with E-state index in [1.54, 1.807) is 0 Å². The van der Waals surface area contributed by atoms with Gasteiger partial charge in [0.1, 0.15) is 24.1 Å². The number of hydrogen-bond acceptors (Lipinski definition) is 10. The average molecular weight is 454 g/mol. The minimum atomic E-state index is -4.28. The number of esters is 1. The molecule has 0 aliphatic carbocycles. The van der Waals surface area contributed by atoms with E-state index in [0.29, 0.717) is 17.6 Å². The van der Waals surface area contributed by atoms with Crippen LogP contribution in [0.5, 0.6) is 0 Å². The molecule has 12 nitrogen and oxygen atoms in total. The number of nitrogens with two attached hydrogens (primary N) is 1. The van der Waals surface area contributed by atoms with Gasteiger partial charge < -0.3 is 25.1 Å². The topological polar surface area (TPSA) is 164 Å². The van der Waals surface area contributed by atoms with Crippen molar-refractivity contribution in [1.29, 1.82) is 0 Å². The van der Waals surface area contributed by atoms with Gasteiger partial charge in [-0.1, -0.05) is 6.92 Å². The Morgan fingerprint density at radius 2 is 2.31 bits per heavy atom. The van der Waals surface area contributed by atoms with E-state index < -0.39 is 38.3 Å². The van der Waals surface area contributed by atoms with Gasteiger partial charge in [0.2, 0.25) is 0 Å². The summed E-state index contributed by atoms with van der Waals surface area (Å²) in [5.74, 6) is -0.311. The molecule has 2 saturated heterocycles. The van der Waals surface area contributed by atoms with Gasteiger partial charge in [-0.3, -0.25) is 18.4 Å². The Bertz CT molecular complexity index is 1030. The summed E-state index contributed by atoms with van der Waals surface area (Å²) in [4.78, 5) is 32.9. The van der Waals surface area contributed by atoms with Crippen molar-refractivity contribution in [2.45, 2.75) is 44.3 Å². The molecular weight excluding hydrogens is 436 g/mol. The number of nitrogens with zero attached hydrogens (tertiary/aromatic N) is 3. The van der Waals surface area contributed by atoms with E-state index in [0.717, 1.165) is 0 Å². The Balaban J connectivity index is 0.00000240. The summed E-state index contributed by atoms with van der Waals surface area (Å²) in [6, 6.07) is 0. The summed E-state index contributed by atoms with van der Waals surface area (Å²) >= 11 is 5.36. The van der Waals surface area contributed by atoms with E-state index in [9.17, 15) is 14.3 Å². The maximum atomic E-state index is 12.2. The molecule has 2 aliphatic rings. The first-order valence-electron chi connectivity index (χ1n) is 8.52. The third kappa shape index (κ3) is 4.29. The molecule has 2 fully saturated rings. The maximum Gasteiger partial charge on any atom is 0.472 e. The quantitative estimate of drug-likeness (QED) is 0.259. The molecule has 4 heterocycles. The van der Waals surface area contributed by atoms with Crippen LogP contribution in [-0.2, 0) is 27.9 Å². The molecule has 4 N–H and O–H groups in total. The molecule has 15 heteroatoms. The summed E-state index contributed by atoms with van der Waals surface area (Å²) in [7, 11) is -4.28. The molecule has 153 valence electrons. The summed E-state index contributed by atoms with van der Waals surface area (Å²) in [5, 5.41) is 0. The van der Waals surface area contributed by atoms with Crippen molar-refractivity contribution in [3.05, 3.63) is 11.1 Å². The zero-order chi connectivity index (χ0) is 20.1. The van der Waals surface area contributed by atoms with Gasteiger partial charge in [-0.15, -0.1) is 0 Å². The van der Waals surface area contributed by atoms with Gasteiger partial charge in [-0.05, 0) is 18.6 Å². The first kappa shape index (κ1) is 22.8. The molecule has 2 aromatic rings. The Kier molecular flexibility index (Phi) is 6.83. The second-order valence-electron chi connectivity index (χ2n) is 6.36. The van der Waals surface area contributed by atoms with Crippen molar-refractivity contribution in [3.8, 4) is 0 Å². The van der Waals surface area contributed by atoms with Crippen LogP contribution in [-0.4, -0.2) is 84.9 Å². The predicted octanol–water partition coefficient (Wildman–Crippen LogP) is 0.815. The normalized spacial score (nSPS) is 31.2. The smallest absolute Gasteiger partial charge is 0.455 e.